The lowest BCUT2D eigenvalue weighted by Crippen LogP contribution is -2.41. The molecule has 12 aromatic rings. The Labute approximate surface area is 450 Å². The van der Waals surface area contributed by atoms with Crippen molar-refractivity contribution < 1.29 is 36.8 Å². The normalized spacial score (nSPS) is 17.5. The van der Waals surface area contributed by atoms with Crippen LogP contribution < -0.4 is 5.46 Å². The van der Waals surface area contributed by atoms with Crippen LogP contribution in [0.3, 0.4) is 0 Å². The van der Waals surface area contributed by atoms with Gasteiger partial charge >= 0.3 is 14.4 Å². The maximum atomic E-state index is 6.74. The van der Waals surface area contributed by atoms with E-state index in [9.17, 15) is 0 Å². The van der Waals surface area contributed by atoms with Crippen LogP contribution in [-0.4, -0.2) is 56.2 Å². The molecular weight excluding hydrogens is 954 g/mol. The van der Waals surface area contributed by atoms with Crippen molar-refractivity contribution in [2.75, 3.05) is 13.2 Å². The van der Waals surface area contributed by atoms with Crippen molar-refractivity contribution >= 4 is 128 Å². The van der Waals surface area contributed by atoms with Gasteiger partial charge in [-0.1, -0.05) is 146 Å². The summed E-state index contributed by atoms with van der Waals surface area (Å²) in [6, 6.07) is 57.9. The molecule has 0 bridgehead atoms. The fraction of sp³-hybridized carbons (Fsp3) is 0.284. The molecule has 5 heterocycles. The van der Waals surface area contributed by atoms with Crippen molar-refractivity contribution in [3.63, 3.8) is 0 Å². The number of hydrogen-bond donors (Lipinski definition) is 0. The number of hydrogen-bond acceptors (Lipinski definition) is 8. The molecule has 0 amide bonds. The van der Waals surface area contributed by atoms with E-state index >= 15 is 0 Å². The molecule has 3 aliphatic heterocycles. The number of para-hydroxylation sites is 2. The maximum absolute atomic E-state index is 6.74. The first-order valence-corrected chi connectivity index (χ1v) is 27.3. The molecule has 3 fully saturated rings. The Morgan fingerprint density at radius 1 is 0.364 bits per heavy atom. The van der Waals surface area contributed by atoms with E-state index in [0.29, 0.717) is 0 Å². The lowest BCUT2D eigenvalue weighted by Gasteiger charge is -2.32. The Bertz CT molecular complexity index is 4090. The fourth-order valence-corrected chi connectivity index (χ4v) is 11.2. The Morgan fingerprint density at radius 3 is 1.17 bits per heavy atom. The SMILES string of the molecule is C1CCOC1.CC(C)OB1OC(C)(C)C(C)(C)O1.CC1(C)OB(c2cccc3c2oc2c3ccc3c4ccccc4c4ccccc4c32)OC1(C)C.c1ccc2c(c1)oc1c2ccc2c3ccccc3c3ccccc3c21. The minimum absolute atomic E-state index is 0.120. The summed E-state index contributed by atoms with van der Waals surface area (Å²) in [5.41, 5.74) is 3.20. The molecule has 0 N–H and O–H groups in total. The number of rotatable bonds is 3. The van der Waals surface area contributed by atoms with E-state index in [0.717, 1.165) is 57.2 Å². The fourth-order valence-electron chi connectivity index (χ4n) is 11.2. The molecule has 0 aliphatic carbocycles. The molecule has 3 aliphatic rings. The molecule has 388 valence electrons. The first-order valence-electron chi connectivity index (χ1n) is 27.3. The minimum Gasteiger partial charge on any atom is -0.456 e. The Kier molecular flexibility index (Phi) is 13.0. The monoisotopic (exact) mass is 1020 g/mol. The van der Waals surface area contributed by atoms with Crippen LogP contribution >= 0.6 is 0 Å². The predicted molar refractivity (Wildman–Crippen MR) is 321 cm³/mol. The predicted octanol–water partition coefficient (Wildman–Crippen LogP) is 17.2. The van der Waals surface area contributed by atoms with Crippen molar-refractivity contribution in [3.8, 4) is 0 Å². The van der Waals surface area contributed by atoms with Crippen LogP contribution in [-0.2, 0) is 28.0 Å². The zero-order valence-electron chi connectivity index (χ0n) is 45.9. The molecule has 0 unspecified atom stereocenters. The van der Waals surface area contributed by atoms with E-state index in [4.69, 9.17) is 36.8 Å². The van der Waals surface area contributed by atoms with Crippen LogP contribution in [0, 0.1) is 0 Å². The number of fused-ring (bicyclic) bond motifs is 20. The van der Waals surface area contributed by atoms with Crippen LogP contribution in [0.5, 0.6) is 0 Å². The van der Waals surface area contributed by atoms with Crippen molar-refractivity contribution in [2.24, 2.45) is 0 Å². The number of furan rings is 2. The van der Waals surface area contributed by atoms with Crippen molar-refractivity contribution in [2.45, 2.75) is 111 Å². The van der Waals surface area contributed by atoms with Crippen LogP contribution in [0.15, 0.2) is 173 Å². The third kappa shape index (κ3) is 8.93. The summed E-state index contributed by atoms with van der Waals surface area (Å²) < 4.78 is 47.5. The molecule has 10 heteroatoms. The lowest BCUT2D eigenvalue weighted by molar-refractivity contribution is 0.00578. The summed E-state index contributed by atoms with van der Waals surface area (Å²) in [4.78, 5) is 0. The van der Waals surface area contributed by atoms with Crippen molar-refractivity contribution in [1.82, 2.24) is 0 Å². The zero-order valence-corrected chi connectivity index (χ0v) is 45.9. The Balaban J connectivity index is 0.000000120. The highest BCUT2D eigenvalue weighted by atomic mass is 16.8. The molecule has 77 heavy (non-hydrogen) atoms. The first kappa shape index (κ1) is 51.0. The topological polar surface area (TPSA) is 81.7 Å². The molecular formula is C67H66B2O8. The first-order chi connectivity index (χ1) is 37.0. The molecule has 0 saturated carbocycles. The Hall–Kier alpha value is -6.75. The minimum atomic E-state index is -0.523. The third-order valence-electron chi connectivity index (χ3n) is 16.6. The second-order valence-electron chi connectivity index (χ2n) is 23.0. The van der Waals surface area contributed by atoms with Gasteiger partial charge in [0.2, 0.25) is 0 Å². The van der Waals surface area contributed by atoms with E-state index in [1.807, 2.05) is 53.7 Å². The van der Waals surface area contributed by atoms with E-state index in [1.54, 1.807) is 0 Å². The second kappa shape index (κ2) is 19.6. The van der Waals surface area contributed by atoms with Crippen molar-refractivity contribution in [3.05, 3.63) is 164 Å². The molecule has 15 rings (SSSR count). The number of benzene rings is 10. The number of ether oxygens (including phenoxy) is 1. The van der Waals surface area contributed by atoms with Gasteiger partial charge in [-0.15, -0.1) is 0 Å². The van der Waals surface area contributed by atoms with Crippen LogP contribution in [0.2, 0.25) is 0 Å². The largest absolute Gasteiger partial charge is 0.640 e. The zero-order chi connectivity index (χ0) is 53.4. The summed E-state index contributed by atoms with van der Waals surface area (Å²) in [5, 5.41) is 19.4. The maximum Gasteiger partial charge on any atom is 0.640 e. The summed E-state index contributed by atoms with van der Waals surface area (Å²) in [7, 11) is -0.997. The molecule has 10 aromatic carbocycles. The summed E-state index contributed by atoms with van der Waals surface area (Å²) in [5.74, 6) is 0. The molecule has 0 radical (unpaired) electrons. The van der Waals surface area contributed by atoms with Gasteiger partial charge in [-0.2, -0.15) is 0 Å². The highest BCUT2D eigenvalue weighted by Crippen LogP contribution is 2.45. The summed E-state index contributed by atoms with van der Waals surface area (Å²) in [6.45, 7) is 22.3. The van der Waals surface area contributed by atoms with Gasteiger partial charge in [0.05, 0.1) is 22.4 Å². The van der Waals surface area contributed by atoms with Gasteiger partial charge in [0.25, 0.3) is 0 Å². The summed E-state index contributed by atoms with van der Waals surface area (Å²) >= 11 is 0. The van der Waals surface area contributed by atoms with Gasteiger partial charge in [-0.05, 0) is 154 Å². The van der Waals surface area contributed by atoms with Gasteiger partial charge in [0.15, 0.2) is 0 Å². The van der Waals surface area contributed by atoms with Gasteiger partial charge in [0, 0.05) is 57.1 Å². The highest BCUT2D eigenvalue weighted by Gasteiger charge is 2.54. The van der Waals surface area contributed by atoms with E-state index in [2.05, 4.69) is 179 Å². The Morgan fingerprint density at radius 2 is 0.714 bits per heavy atom. The third-order valence-corrected chi connectivity index (χ3v) is 16.6. The average molecular weight is 1020 g/mol. The van der Waals surface area contributed by atoms with E-state index < -0.39 is 25.6 Å². The highest BCUT2D eigenvalue weighted by molar-refractivity contribution is 6.65. The quantitative estimate of drug-likeness (QED) is 0.128. The van der Waals surface area contributed by atoms with E-state index in [-0.39, 0.29) is 17.3 Å². The van der Waals surface area contributed by atoms with Crippen LogP contribution in [0.1, 0.15) is 82.1 Å². The summed E-state index contributed by atoms with van der Waals surface area (Å²) in [6.07, 6.45) is 2.68. The van der Waals surface area contributed by atoms with Gasteiger partial charge in [0.1, 0.15) is 22.3 Å². The van der Waals surface area contributed by atoms with Gasteiger partial charge in [-0.3, -0.25) is 0 Å². The molecule has 3 saturated heterocycles. The van der Waals surface area contributed by atoms with Crippen molar-refractivity contribution in [1.29, 1.82) is 0 Å². The molecule has 0 atom stereocenters. The molecule has 0 spiro atoms. The van der Waals surface area contributed by atoms with Crippen LogP contribution in [0.4, 0.5) is 0 Å². The molecule has 2 aromatic heterocycles. The smallest absolute Gasteiger partial charge is 0.456 e. The van der Waals surface area contributed by atoms with E-state index in [1.165, 1.54) is 82.9 Å². The van der Waals surface area contributed by atoms with Gasteiger partial charge in [-0.25, -0.2) is 0 Å². The second-order valence-corrected chi connectivity index (χ2v) is 23.0. The van der Waals surface area contributed by atoms with Gasteiger partial charge < -0.3 is 36.8 Å². The standard InChI is InChI=1S/C30H25BO3.C24H14O.C9H19BO3.C4H8O/c1-29(2)30(3,4)34-31(33-29)25-15-9-14-23-24-17-16-22-20-12-6-5-10-18(20)19-11-7-8-13-21(19)26(22)28(24)32-27(23)25;1-2-9-17-15(7-1)16-8-3-4-11-19(16)23-20(17)13-14-21-18-10-5-6-12-22(18)25-24(21)23;1-7(2)11-10-12-8(3,4)9(5,6)13-10;1-2-4-5-3-1/h5-17H,1-4H3;1-14H;7H,1-6H3;1-4H2. The van der Waals surface area contributed by atoms with Crippen LogP contribution in [0.25, 0.3) is 109 Å². The lowest BCUT2D eigenvalue weighted by atomic mass is 9.78. The molecule has 8 nitrogen and oxygen atoms in total. The average Bonchev–Trinajstić information content (AvgIpc) is 4.47.